The van der Waals surface area contributed by atoms with Crippen LogP contribution in [0.4, 0.5) is 0 Å². The van der Waals surface area contributed by atoms with Gasteiger partial charge in [-0.05, 0) is 27.2 Å². The van der Waals surface area contributed by atoms with Gasteiger partial charge in [0.25, 0.3) is 0 Å². The van der Waals surface area contributed by atoms with Crippen molar-refractivity contribution in [2.45, 2.75) is 38.1 Å². The molecule has 0 saturated heterocycles. The molecular formula is C9H19ClN4O2S. The molecule has 1 unspecified atom stereocenters. The summed E-state index contributed by atoms with van der Waals surface area (Å²) in [5.41, 5.74) is 6.57. The molecule has 0 aromatic carbocycles. The van der Waals surface area contributed by atoms with Gasteiger partial charge in [-0.2, -0.15) is 5.10 Å². The van der Waals surface area contributed by atoms with Crippen LogP contribution < -0.4 is 10.5 Å². The molecule has 0 bridgehead atoms. The lowest BCUT2D eigenvalue weighted by Gasteiger charge is -2.08. The topological polar surface area (TPSA) is 101 Å². The molecule has 0 saturated carbocycles. The zero-order valence-electron chi connectivity index (χ0n) is 10.1. The Bertz CT molecular complexity index is 436. The summed E-state index contributed by atoms with van der Waals surface area (Å²) in [5, 5.41) is 6.51. The van der Waals surface area contributed by atoms with Crippen LogP contribution >= 0.6 is 12.4 Å². The normalized spacial score (nSPS) is 13.2. The number of aryl methyl sites for hydroxylation is 2. The first-order valence-electron chi connectivity index (χ1n) is 5.11. The number of H-pyrrole nitrogens is 1. The van der Waals surface area contributed by atoms with Gasteiger partial charge in [0.15, 0.2) is 0 Å². The van der Waals surface area contributed by atoms with E-state index in [-0.39, 0.29) is 23.3 Å². The van der Waals surface area contributed by atoms with Gasteiger partial charge in [0.05, 0.1) is 11.4 Å². The predicted octanol–water partition coefficient (Wildman–Crippen LogP) is 0.464. The van der Waals surface area contributed by atoms with Gasteiger partial charge in [-0.15, -0.1) is 12.4 Å². The molecule has 1 atom stereocenters. The van der Waals surface area contributed by atoms with Gasteiger partial charge >= 0.3 is 0 Å². The van der Waals surface area contributed by atoms with Crippen LogP contribution in [-0.2, 0) is 10.0 Å². The Labute approximate surface area is 108 Å². The lowest BCUT2D eigenvalue weighted by Crippen LogP contribution is -2.29. The van der Waals surface area contributed by atoms with E-state index in [2.05, 4.69) is 14.9 Å². The van der Waals surface area contributed by atoms with Crippen LogP contribution in [0.15, 0.2) is 4.90 Å². The lowest BCUT2D eigenvalue weighted by molar-refractivity contribution is 0.571. The standard InChI is InChI=1S/C9H18N4O2S.ClH/c1-6(10)4-5-11-16(14,15)9-7(2)12-13-8(9)3;/h6,11H,4-5,10H2,1-3H3,(H,12,13);1H. The molecule has 1 rings (SSSR count). The van der Waals surface area contributed by atoms with E-state index in [9.17, 15) is 8.42 Å². The minimum absolute atomic E-state index is 0. The van der Waals surface area contributed by atoms with Crippen molar-refractivity contribution in [3.8, 4) is 0 Å². The van der Waals surface area contributed by atoms with Crippen molar-refractivity contribution >= 4 is 22.4 Å². The van der Waals surface area contributed by atoms with Crippen LogP contribution in [0.2, 0.25) is 0 Å². The third kappa shape index (κ3) is 4.27. The highest BCUT2D eigenvalue weighted by Gasteiger charge is 2.21. The molecule has 0 aliphatic rings. The molecule has 0 aliphatic heterocycles. The fraction of sp³-hybridized carbons (Fsp3) is 0.667. The van der Waals surface area contributed by atoms with Gasteiger partial charge in [-0.1, -0.05) is 0 Å². The van der Waals surface area contributed by atoms with E-state index in [0.29, 0.717) is 24.4 Å². The molecule has 0 aliphatic carbocycles. The molecule has 0 amide bonds. The Balaban J connectivity index is 0.00000256. The Morgan fingerprint density at radius 2 is 2.06 bits per heavy atom. The zero-order chi connectivity index (χ0) is 12.3. The minimum atomic E-state index is -3.47. The molecule has 0 spiro atoms. The average molecular weight is 283 g/mol. The number of hydrogen-bond acceptors (Lipinski definition) is 4. The van der Waals surface area contributed by atoms with Gasteiger partial charge in [0.1, 0.15) is 4.90 Å². The number of nitrogens with one attached hydrogen (secondary N) is 2. The Morgan fingerprint density at radius 3 is 2.47 bits per heavy atom. The molecule has 8 heteroatoms. The molecule has 0 fully saturated rings. The van der Waals surface area contributed by atoms with E-state index in [0.717, 1.165) is 0 Å². The average Bonchev–Trinajstić information content (AvgIpc) is 2.45. The number of aromatic nitrogens is 2. The first kappa shape index (κ1) is 16.4. The summed E-state index contributed by atoms with van der Waals surface area (Å²) in [6.07, 6.45) is 0.606. The van der Waals surface area contributed by atoms with E-state index in [1.807, 2.05) is 6.92 Å². The molecule has 100 valence electrons. The third-order valence-electron chi connectivity index (χ3n) is 2.22. The maximum Gasteiger partial charge on any atom is 0.244 e. The van der Waals surface area contributed by atoms with E-state index in [1.54, 1.807) is 13.8 Å². The number of nitrogens with zero attached hydrogens (tertiary/aromatic N) is 1. The number of nitrogens with two attached hydrogens (primary N) is 1. The number of sulfonamides is 1. The summed E-state index contributed by atoms with van der Waals surface area (Å²) in [6.45, 7) is 5.51. The van der Waals surface area contributed by atoms with E-state index in [4.69, 9.17) is 5.73 Å². The predicted molar refractivity (Wildman–Crippen MR) is 68.8 cm³/mol. The smallest absolute Gasteiger partial charge is 0.244 e. The van der Waals surface area contributed by atoms with Crippen molar-refractivity contribution < 1.29 is 8.42 Å². The van der Waals surface area contributed by atoms with E-state index < -0.39 is 10.0 Å². The Hall–Kier alpha value is -0.630. The van der Waals surface area contributed by atoms with Gasteiger partial charge in [-0.25, -0.2) is 13.1 Å². The molecule has 17 heavy (non-hydrogen) atoms. The fourth-order valence-corrected chi connectivity index (χ4v) is 2.84. The van der Waals surface area contributed by atoms with E-state index in [1.165, 1.54) is 0 Å². The molecule has 0 radical (unpaired) electrons. The van der Waals surface area contributed by atoms with E-state index >= 15 is 0 Å². The number of hydrogen-bond donors (Lipinski definition) is 3. The maximum atomic E-state index is 11.9. The molecule has 6 nitrogen and oxygen atoms in total. The highest BCUT2D eigenvalue weighted by Crippen LogP contribution is 2.15. The van der Waals surface area contributed by atoms with Gasteiger partial charge < -0.3 is 5.73 Å². The van der Waals surface area contributed by atoms with Crippen LogP contribution in [0.1, 0.15) is 24.7 Å². The molecule has 1 aromatic heterocycles. The molecule has 1 aromatic rings. The van der Waals surface area contributed by atoms with Gasteiger partial charge in [0.2, 0.25) is 10.0 Å². The van der Waals surface area contributed by atoms with Crippen LogP contribution in [0.3, 0.4) is 0 Å². The van der Waals surface area contributed by atoms with Gasteiger partial charge in [0, 0.05) is 12.6 Å². The third-order valence-corrected chi connectivity index (χ3v) is 3.94. The van der Waals surface area contributed by atoms with Crippen molar-refractivity contribution in [3.05, 3.63) is 11.4 Å². The van der Waals surface area contributed by atoms with Crippen molar-refractivity contribution in [1.82, 2.24) is 14.9 Å². The quantitative estimate of drug-likeness (QED) is 0.730. The second-order valence-corrected chi connectivity index (χ2v) is 5.63. The summed E-state index contributed by atoms with van der Waals surface area (Å²) in [4.78, 5) is 0.233. The SMILES string of the molecule is Cc1n[nH]c(C)c1S(=O)(=O)NCCC(C)N.Cl. The lowest BCUT2D eigenvalue weighted by atomic mass is 10.3. The Morgan fingerprint density at radius 1 is 1.47 bits per heavy atom. The second-order valence-electron chi connectivity index (χ2n) is 3.93. The summed E-state index contributed by atoms with van der Waals surface area (Å²) < 4.78 is 26.3. The summed E-state index contributed by atoms with van der Waals surface area (Å²) in [6, 6.07) is -0.0192. The highest BCUT2D eigenvalue weighted by molar-refractivity contribution is 7.89. The fourth-order valence-electron chi connectivity index (χ4n) is 1.43. The Kier molecular flexibility index (Phi) is 6.11. The minimum Gasteiger partial charge on any atom is -0.328 e. The van der Waals surface area contributed by atoms with Crippen molar-refractivity contribution in [2.24, 2.45) is 5.73 Å². The molecular weight excluding hydrogens is 264 g/mol. The highest BCUT2D eigenvalue weighted by atomic mass is 35.5. The van der Waals surface area contributed by atoms with Crippen LogP contribution in [0.25, 0.3) is 0 Å². The van der Waals surface area contributed by atoms with Crippen LogP contribution in [-0.4, -0.2) is 31.2 Å². The first-order valence-corrected chi connectivity index (χ1v) is 6.59. The molecule has 1 heterocycles. The second kappa shape index (κ2) is 6.34. The van der Waals surface area contributed by atoms with Crippen molar-refractivity contribution in [1.29, 1.82) is 0 Å². The zero-order valence-corrected chi connectivity index (χ0v) is 11.8. The number of rotatable bonds is 5. The monoisotopic (exact) mass is 282 g/mol. The molecule has 4 N–H and O–H groups in total. The maximum absolute atomic E-state index is 11.9. The van der Waals surface area contributed by atoms with Crippen molar-refractivity contribution in [2.75, 3.05) is 6.54 Å². The number of halogens is 1. The summed E-state index contributed by atoms with van der Waals surface area (Å²) in [5.74, 6) is 0. The number of aromatic amines is 1. The van der Waals surface area contributed by atoms with Gasteiger partial charge in [-0.3, -0.25) is 5.10 Å². The summed E-state index contributed by atoms with van der Waals surface area (Å²) in [7, 11) is -3.47. The first-order chi connectivity index (χ1) is 7.34. The summed E-state index contributed by atoms with van der Waals surface area (Å²) >= 11 is 0. The van der Waals surface area contributed by atoms with Crippen LogP contribution in [0.5, 0.6) is 0 Å². The largest absolute Gasteiger partial charge is 0.328 e. The van der Waals surface area contributed by atoms with Crippen molar-refractivity contribution in [3.63, 3.8) is 0 Å². The van der Waals surface area contributed by atoms with Crippen LogP contribution in [0, 0.1) is 13.8 Å².